The number of rotatable bonds is 15. The molecule has 0 bridgehead atoms. The summed E-state index contributed by atoms with van der Waals surface area (Å²) in [5.74, 6) is 0. The fourth-order valence-corrected chi connectivity index (χ4v) is 5.21. The molecule has 7 nitrogen and oxygen atoms in total. The first kappa shape index (κ1) is 29.0. The lowest BCUT2D eigenvalue weighted by atomic mass is 10.3. The molecule has 0 aromatic rings. The van der Waals surface area contributed by atoms with Gasteiger partial charge in [0.1, 0.15) is 0 Å². The highest BCUT2D eigenvalue weighted by Gasteiger charge is 2.45. The maximum atomic E-state index is 14.1. The minimum Gasteiger partial charge on any atom is -0.305 e. The predicted molar refractivity (Wildman–Crippen MR) is 121 cm³/mol. The number of quaternary nitrogens is 3. The van der Waals surface area contributed by atoms with Crippen LogP contribution in [-0.2, 0) is 18.1 Å². The molecule has 0 aliphatic heterocycles. The normalized spacial score (nSPS) is 18.9. The summed E-state index contributed by atoms with van der Waals surface area (Å²) in [6.45, 7) is 6.32. The Hall–Kier alpha value is -0.0100. The minimum absolute atomic E-state index is 0.268. The van der Waals surface area contributed by atoms with Gasteiger partial charge in [-0.15, -0.1) is 0 Å². The third-order valence-electron chi connectivity index (χ3n) is 4.95. The van der Waals surface area contributed by atoms with Crippen LogP contribution in [0.4, 0.5) is 0 Å². The Morgan fingerprint density at radius 3 is 0.897 bits per heavy atom. The summed E-state index contributed by atoms with van der Waals surface area (Å²) >= 11 is 0. The van der Waals surface area contributed by atoms with Crippen molar-refractivity contribution in [3.63, 3.8) is 0 Å². The maximum absolute atomic E-state index is 14.1. The SMILES string of the molecule is CCCC(OP(=O)(OC(CCC)[N+](C)(C)C)OC(CCC)[N+](C)(C)C)[N+](C)(C)C. The van der Waals surface area contributed by atoms with E-state index >= 15 is 0 Å². The summed E-state index contributed by atoms with van der Waals surface area (Å²) in [7, 11) is 14.7. The summed E-state index contributed by atoms with van der Waals surface area (Å²) in [5.41, 5.74) is 0. The van der Waals surface area contributed by atoms with Crippen LogP contribution in [0, 0.1) is 0 Å². The molecule has 0 N–H and O–H groups in total. The highest BCUT2D eigenvalue weighted by Crippen LogP contribution is 2.55. The molecule has 29 heavy (non-hydrogen) atoms. The van der Waals surface area contributed by atoms with E-state index in [1.165, 1.54) is 0 Å². The number of phosphoric acid groups is 1. The zero-order valence-electron chi connectivity index (χ0n) is 21.4. The van der Waals surface area contributed by atoms with Gasteiger partial charge in [0.05, 0.1) is 63.4 Å². The van der Waals surface area contributed by atoms with Crippen molar-refractivity contribution in [3.05, 3.63) is 0 Å². The quantitative estimate of drug-likeness (QED) is 0.211. The topological polar surface area (TPSA) is 44.8 Å². The molecule has 0 aliphatic carbocycles. The molecule has 8 heteroatoms. The Balaban J connectivity index is 6.03. The number of hydrogen-bond donors (Lipinski definition) is 0. The van der Waals surface area contributed by atoms with E-state index in [1.807, 2.05) is 0 Å². The van der Waals surface area contributed by atoms with Crippen molar-refractivity contribution in [1.29, 1.82) is 0 Å². The van der Waals surface area contributed by atoms with Crippen LogP contribution in [0.3, 0.4) is 0 Å². The maximum Gasteiger partial charge on any atom is 0.488 e. The van der Waals surface area contributed by atoms with E-state index in [9.17, 15) is 4.57 Å². The van der Waals surface area contributed by atoms with Crippen molar-refractivity contribution in [2.75, 3.05) is 63.4 Å². The predicted octanol–water partition coefficient (Wildman–Crippen LogP) is 4.64. The van der Waals surface area contributed by atoms with Gasteiger partial charge in [0.15, 0.2) is 0 Å². The van der Waals surface area contributed by atoms with E-state index in [1.54, 1.807) is 0 Å². The molecule has 0 saturated carbocycles. The zero-order chi connectivity index (χ0) is 23.1. The van der Waals surface area contributed by atoms with Crippen molar-refractivity contribution in [3.8, 4) is 0 Å². The molecular weight excluding hydrogens is 389 g/mol. The summed E-state index contributed by atoms with van der Waals surface area (Å²) in [6.07, 6.45) is 4.34. The first-order chi connectivity index (χ1) is 13.0. The Bertz CT molecular complexity index is 438. The fraction of sp³-hybridized carbons (Fsp3) is 1.00. The molecule has 0 saturated heterocycles. The Labute approximate surface area is 181 Å². The van der Waals surface area contributed by atoms with Gasteiger partial charge in [0.25, 0.3) is 0 Å². The van der Waals surface area contributed by atoms with Gasteiger partial charge in [-0.05, 0) is 19.3 Å². The highest BCUT2D eigenvalue weighted by molar-refractivity contribution is 7.48. The van der Waals surface area contributed by atoms with Crippen LogP contribution >= 0.6 is 7.82 Å². The van der Waals surface area contributed by atoms with Gasteiger partial charge in [0, 0.05) is 19.3 Å². The van der Waals surface area contributed by atoms with Gasteiger partial charge in [-0.2, -0.15) is 0 Å². The second-order valence-corrected chi connectivity index (χ2v) is 12.4. The van der Waals surface area contributed by atoms with Gasteiger partial charge in [-0.3, -0.25) is 0 Å². The lowest BCUT2D eigenvalue weighted by Gasteiger charge is -2.40. The van der Waals surface area contributed by atoms with Crippen LogP contribution in [0.25, 0.3) is 0 Å². The van der Waals surface area contributed by atoms with Crippen LogP contribution in [0.15, 0.2) is 0 Å². The molecule has 0 rings (SSSR count). The van der Waals surface area contributed by atoms with Gasteiger partial charge >= 0.3 is 7.82 Å². The molecule has 0 aromatic heterocycles. The van der Waals surface area contributed by atoms with E-state index in [0.717, 1.165) is 38.5 Å². The number of hydrogen-bond acceptors (Lipinski definition) is 4. The van der Waals surface area contributed by atoms with Crippen LogP contribution in [0.5, 0.6) is 0 Å². The largest absolute Gasteiger partial charge is 0.488 e. The van der Waals surface area contributed by atoms with E-state index in [2.05, 4.69) is 84.2 Å². The van der Waals surface area contributed by atoms with Gasteiger partial charge in [-0.25, -0.2) is 18.1 Å². The van der Waals surface area contributed by atoms with E-state index in [0.29, 0.717) is 13.4 Å². The average Bonchev–Trinajstić information content (AvgIpc) is 2.51. The third-order valence-corrected chi connectivity index (χ3v) is 6.46. The molecule has 0 aliphatic rings. The van der Waals surface area contributed by atoms with Crippen LogP contribution in [-0.4, -0.2) is 95.6 Å². The molecule has 0 radical (unpaired) electrons. The smallest absolute Gasteiger partial charge is 0.305 e. The monoisotopic (exact) mass is 440 g/mol. The molecule has 0 spiro atoms. The summed E-state index contributed by atoms with van der Waals surface area (Å²) in [5, 5.41) is 0. The lowest BCUT2D eigenvalue weighted by Crippen LogP contribution is -2.50. The summed E-state index contributed by atoms with van der Waals surface area (Å²) in [4.78, 5) is 0. The van der Waals surface area contributed by atoms with Crippen LogP contribution in [0.1, 0.15) is 59.3 Å². The molecular formula is C21H51N3O4P+3. The Morgan fingerprint density at radius 2 is 0.759 bits per heavy atom. The molecule has 0 fully saturated rings. The Kier molecular flexibility index (Phi) is 11.6. The minimum atomic E-state index is -3.81. The molecule has 176 valence electrons. The highest BCUT2D eigenvalue weighted by atomic mass is 31.2. The van der Waals surface area contributed by atoms with Crippen molar-refractivity contribution in [2.24, 2.45) is 0 Å². The fourth-order valence-electron chi connectivity index (χ4n) is 3.01. The Morgan fingerprint density at radius 1 is 0.552 bits per heavy atom. The van der Waals surface area contributed by atoms with Gasteiger partial charge < -0.3 is 13.4 Å². The second kappa shape index (κ2) is 11.6. The van der Waals surface area contributed by atoms with Crippen molar-refractivity contribution in [2.45, 2.75) is 78.0 Å². The number of phosphoric ester groups is 1. The average molecular weight is 441 g/mol. The van der Waals surface area contributed by atoms with E-state index in [-0.39, 0.29) is 18.7 Å². The van der Waals surface area contributed by atoms with Gasteiger partial charge in [0.2, 0.25) is 18.7 Å². The van der Waals surface area contributed by atoms with E-state index in [4.69, 9.17) is 13.6 Å². The van der Waals surface area contributed by atoms with E-state index < -0.39 is 7.82 Å². The van der Waals surface area contributed by atoms with Gasteiger partial charge in [-0.1, -0.05) is 20.8 Å². The van der Waals surface area contributed by atoms with Crippen LogP contribution in [0.2, 0.25) is 0 Å². The second-order valence-electron chi connectivity index (χ2n) is 10.8. The number of nitrogens with zero attached hydrogens (tertiary/aromatic N) is 3. The molecule has 3 unspecified atom stereocenters. The summed E-state index contributed by atoms with van der Waals surface area (Å²) < 4.78 is 34.5. The van der Waals surface area contributed by atoms with Crippen molar-refractivity contribution in [1.82, 2.24) is 0 Å². The van der Waals surface area contributed by atoms with Crippen molar-refractivity contribution >= 4 is 7.82 Å². The first-order valence-electron chi connectivity index (χ1n) is 11.1. The molecule has 3 atom stereocenters. The van der Waals surface area contributed by atoms with Crippen LogP contribution < -0.4 is 0 Å². The molecule has 0 heterocycles. The standard InChI is InChI=1S/C21H51N3O4P/c1-13-16-19(22(4,5)6)26-29(25,27-20(17-14-2)23(7,8)9)28-21(18-15-3)24(10,11)12/h19-21H,13-18H2,1-12H3/q+3. The lowest BCUT2D eigenvalue weighted by molar-refractivity contribution is -0.923. The zero-order valence-corrected chi connectivity index (χ0v) is 22.3. The van der Waals surface area contributed by atoms with Crippen molar-refractivity contribution < 1.29 is 31.6 Å². The third kappa shape index (κ3) is 10.7. The first-order valence-corrected chi connectivity index (χ1v) is 12.5. The summed E-state index contributed by atoms with van der Waals surface area (Å²) in [6, 6.07) is 0. The molecule has 0 aromatic carbocycles. The molecule has 0 amide bonds.